The van der Waals surface area contributed by atoms with Crippen LogP contribution in [0.3, 0.4) is 0 Å². The standard InChI is InChI=1S/C30H33N3O8S/c1-20(2)16-33(42(37,38)25-11-12-28-29(14-25)41-19-40-28)17-27(34)26(32-30(35)36)13-21-7-9-24(10-8-21)39-18-23-5-3-22(15-31)4-6-23/h3-12,14,20,26-27,32,34H,13,16-19H2,1-2H3,(H,35,36)/t26?,27-/m0/s1. The van der Waals surface area contributed by atoms with Crippen molar-refractivity contribution in [3.63, 3.8) is 0 Å². The van der Waals surface area contributed by atoms with E-state index in [1.807, 2.05) is 26.0 Å². The molecule has 1 aliphatic heterocycles. The molecule has 1 unspecified atom stereocenters. The Morgan fingerprint density at radius 3 is 2.33 bits per heavy atom. The van der Waals surface area contributed by atoms with Crippen LogP contribution in [0.15, 0.2) is 71.6 Å². The molecule has 2 atom stereocenters. The average molecular weight is 596 g/mol. The van der Waals surface area contributed by atoms with Crippen molar-refractivity contribution >= 4 is 16.1 Å². The lowest BCUT2D eigenvalue weighted by molar-refractivity contribution is 0.0980. The molecule has 0 radical (unpaired) electrons. The number of aliphatic hydroxyl groups is 1. The number of nitrogens with one attached hydrogen (secondary N) is 1. The molecule has 3 aromatic rings. The summed E-state index contributed by atoms with van der Waals surface area (Å²) in [6, 6.07) is 19.4. The van der Waals surface area contributed by atoms with Gasteiger partial charge in [-0.05, 0) is 59.9 Å². The van der Waals surface area contributed by atoms with Crippen molar-refractivity contribution in [1.82, 2.24) is 9.62 Å². The lowest BCUT2D eigenvalue weighted by Crippen LogP contribution is -2.50. The summed E-state index contributed by atoms with van der Waals surface area (Å²) in [5.74, 6) is 1.28. The molecule has 1 heterocycles. The van der Waals surface area contributed by atoms with Gasteiger partial charge in [0.1, 0.15) is 12.4 Å². The van der Waals surface area contributed by atoms with Gasteiger partial charge >= 0.3 is 6.09 Å². The highest BCUT2D eigenvalue weighted by molar-refractivity contribution is 7.89. The Morgan fingerprint density at radius 1 is 1.02 bits per heavy atom. The number of ether oxygens (including phenoxy) is 3. The first-order valence-electron chi connectivity index (χ1n) is 13.3. The van der Waals surface area contributed by atoms with Crippen molar-refractivity contribution in [2.24, 2.45) is 5.92 Å². The lowest BCUT2D eigenvalue weighted by atomic mass is 10.0. The number of carbonyl (C=O) groups is 1. The molecule has 1 aliphatic rings. The van der Waals surface area contributed by atoms with Gasteiger partial charge in [-0.3, -0.25) is 0 Å². The highest BCUT2D eigenvalue weighted by Gasteiger charge is 2.32. The van der Waals surface area contributed by atoms with E-state index in [1.54, 1.807) is 36.4 Å². The monoisotopic (exact) mass is 595 g/mol. The molecule has 3 aromatic carbocycles. The van der Waals surface area contributed by atoms with Crippen molar-refractivity contribution in [3.8, 4) is 23.3 Å². The van der Waals surface area contributed by atoms with Gasteiger partial charge in [-0.2, -0.15) is 9.57 Å². The minimum Gasteiger partial charge on any atom is -0.489 e. The van der Waals surface area contributed by atoms with Crippen LogP contribution in [0, 0.1) is 17.2 Å². The average Bonchev–Trinajstić information content (AvgIpc) is 3.44. The molecule has 0 fully saturated rings. The number of amides is 1. The number of hydrogen-bond acceptors (Lipinski definition) is 8. The number of benzene rings is 3. The summed E-state index contributed by atoms with van der Waals surface area (Å²) < 4.78 is 44.8. The lowest BCUT2D eigenvalue weighted by Gasteiger charge is -2.30. The van der Waals surface area contributed by atoms with Crippen LogP contribution in [-0.4, -0.2) is 61.1 Å². The second-order valence-corrected chi connectivity index (χ2v) is 12.2. The predicted octanol–water partition coefficient (Wildman–Crippen LogP) is 3.75. The minimum absolute atomic E-state index is 0.0000296. The van der Waals surface area contributed by atoms with E-state index < -0.39 is 28.3 Å². The number of nitrogens with zero attached hydrogens (tertiary/aromatic N) is 2. The highest BCUT2D eigenvalue weighted by Crippen LogP contribution is 2.35. The molecule has 0 spiro atoms. The van der Waals surface area contributed by atoms with Gasteiger partial charge in [0.25, 0.3) is 0 Å². The number of aliphatic hydroxyl groups excluding tert-OH is 1. The van der Waals surface area contributed by atoms with Gasteiger partial charge < -0.3 is 29.7 Å². The van der Waals surface area contributed by atoms with Crippen LogP contribution in [0.4, 0.5) is 4.79 Å². The first kappa shape index (κ1) is 30.6. The fourth-order valence-electron chi connectivity index (χ4n) is 4.46. The van der Waals surface area contributed by atoms with Crippen LogP contribution in [0.25, 0.3) is 0 Å². The normalized spacial score (nSPS) is 13.9. The van der Waals surface area contributed by atoms with Gasteiger partial charge in [0, 0.05) is 19.2 Å². The largest absolute Gasteiger partial charge is 0.489 e. The van der Waals surface area contributed by atoms with Gasteiger partial charge in [0.2, 0.25) is 16.8 Å². The Labute approximate surface area is 244 Å². The van der Waals surface area contributed by atoms with Crippen LogP contribution in [-0.2, 0) is 23.1 Å². The van der Waals surface area contributed by atoms with E-state index in [2.05, 4.69) is 11.4 Å². The fraction of sp³-hybridized carbons (Fsp3) is 0.333. The van der Waals surface area contributed by atoms with Crippen LogP contribution in [0.1, 0.15) is 30.5 Å². The van der Waals surface area contributed by atoms with E-state index in [9.17, 15) is 23.4 Å². The SMILES string of the molecule is CC(C)CN(C[C@H](O)C(Cc1ccc(OCc2ccc(C#N)cc2)cc1)NC(=O)O)S(=O)(=O)c1ccc2c(c1)OCO2. The summed E-state index contributed by atoms with van der Waals surface area (Å²) in [5, 5.41) is 31.9. The Morgan fingerprint density at radius 2 is 1.69 bits per heavy atom. The molecule has 0 aromatic heterocycles. The number of rotatable bonds is 13. The first-order valence-corrected chi connectivity index (χ1v) is 14.8. The third kappa shape index (κ3) is 7.91. The third-order valence-corrected chi connectivity index (χ3v) is 8.41. The van der Waals surface area contributed by atoms with Crippen molar-refractivity contribution in [2.45, 2.75) is 43.9 Å². The molecule has 0 saturated carbocycles. The van der Waals surface area contributed by atoms with E-state index >= 15 is 0 Å². The van der Waals surface area contributed by atoms with Gasteiger partial charge in [0.15, 0.2) is 11.5 Å². The molecule has 42 heavy (non-hydrogen) atoms. The molecule has 4 rings (SSSR count). The van der Waals surface area contributed by atoms with Crippen LogP contribution in [0.2, 0.25) is 0 Å². The summed E-state index contributed by atoms with van der Waals surface area (Å²) in [5.41, 5.74) is 2.17. The molecule has 0 saturated heterocycles. The first-order chi connectivity index (χ1) is 20.0. The van der Waals surface area contributed by atoms with E-state index in [0.29, 0.717) is 35.0 Å². The van der Waals surface area contributed by atoms with Gasteiger partial charge in [-0.25, -0.2) is 13.2 Å². The van der Waals surface area contributed by atoms with Crippen molar-refractivity contribution < 1.29 is 37.6 Å². The number of hydrogen-bond donors (Lipinski definition) is 3. The molecule has 3 N–H and O–H groups in total. The van der Waals surface area contributed by atoms with Crippen molar-refractivity contribution in [3.05, 3.63) is 83.4 Å². The quantitative estimate of drug-likeness (QED) is 0.268. The number of sulfonamides is 1. The summed E-state index contributed by atoms with van der Waals surface area (Å²) in [6.07, 6.45) is -2.57. The topological polar surface area (TPSA) is 158 Å². The van der Waals surface area contributed by atoms with Gasteiger partial charge in [-0.1, -0.05) is 38.1 Å². The van der Waals surface area contributed by atoms with Crippen molar-refractivity contribution in [2.75, 3.05) is 19.9 Å². The fourth-order valence-corrected chi connectivity index (χ4v) is 6.10. The molecular weight excluding hydrogens is 562 g/mol. The van der Waals surface area contributed by atoms with Crippen LogP contribution in [0.5, 0.6) is 17.2 Å². The zero-order chi connectivity index (χ0) is 30.3. The number of fused-ring (bicyclic) bond motifs is 1. The number of carboxylic acid groups (broad SMARTS) is 1. The summed E-state index contributed by atoms with van der Waals surface area (Å²) in [4.78, 5) is 11.6. The second kappa shape index (κ2) is 13.6. The summed E-state index contributed by atoms with van der Waals surface area (Å²) in [7, 11) is -4.06. The molecule has 11 nitrogen and oxygen atoms in total. The molecule has 12 heteroatoms. The molecular formula is C30H33N3O8S. The Kier molecular flexibility index (Phi) is 9.90. The van der Waals surface area contributed by atoms with E-state index in [0.717, 1.165) is 9.87 Å². The highest BCUT2D eigenvalue weighted by atomic mass is 32.2. The maximum absolute atomic E-state index is 13.6. The maximum atomic E-state index is 13.6. The van der Waals surface area contributed by atoms with E-state index in [4.69, 9.17) is 19.5 Å². The van der Waals surface area contributed by atoms with E-state index in [-0.39, 0.29) is 37.1 Å². The van der Waals surface area contributed by atoms with Gasteiger partial charge in [0.05, 0.1) is 28.7 Å². The minimum atomic E-state index is -4.06. The molecule has 0 bridgehead atoms. The number of nitriles is 1. The Hall–Kier alpha value is -4.31. The summed E-state index contributed by atoms with van der Waals surface area (Å²) in [6.45, 7) is 3.79. The van der Waals surface area contributed by atoms with Crippen LogP contribution < -0.4 is 19.5 Å². The molecule has 0 aliphatic carbocycles. The van der Waals surface area contributed by atoms with Gasteiger partial charge in [-0.15, -0.1) is 0 Å². The predicted molar refractivity (Wildman–Crippen MR) is 153 cm³/mol. The zero-order valence-electron chi connectivity index (χ0n) is 23.3. The molecule has 222 valence electrons. The summed E-state index contributed by atoms with van der Waals surface area (Å²) >= 11 is 0. The van der Waals surface area contributed by atoms with E-state index in [1.165, 1.54) is 18.2 Å². The smallest absolute Gasteiger partial charge is 0.404 e. The van der Waals surface area contributed by atoms with Crippen molar-refractivity contribution in [1.29, 1.82) is 5.26 Å². The Bertz CT molecular complexity index is 1520. The zero-order valence-corrected chi connectivity index (χ0v) is 24.1. The van der Waals surface area contributed by atoms with Crippen LogP contribution >= 0.6 is 0 Å². The third-order valence-electron chi connectivity index (χ3n) is 6.58. The second-order valence-electron chi connectivity index (χ2n) is 10.3. The molecule has 1 amide bonds. The Balaban J connectivity index is 1.45. The maximum Gasteiger partial charge on any atom is 0.404 e.